The minimum atomic E-state index is -0.352. The highest BCUT2D eigenvalue weighted by molar-refractivity contribution is 6.01. The molecule has 1 N–H and O–H groups in total. The van der Waals surface area contributed by atoms with E-state index in [4.69, 9.17) is 9.47 Å². The van der Waals surface area contributed by atoms with Gasteiger partial charge in [0.2, 0.25) is 0 Å². The Balaban J connectivity index is 1.60. The van der Waals surface area contributed by atoms with Crippen LogP contribution in [0, 0.1) is 11.3 Å². The summed E-state index contributed by atoms with van der Waals surface area (Å²) in [6, 6.07) is 9.86. The van der Waals surface area contributed by atoms with Crippen molar-refractivity contribution >= 4 is 17.7 Å². The molecule has 0 aliphatic carbocycles. The van der Waals surface area contributed by atoms with Crippen LogP contribution < -0.4 is 10.2 Å². The molecule has 0 spiro atoms. The van der Waals surface area contributed by atoms with E-state index >= 15 is 0 Å². The predicted molar refractivity (Wildman–Crippen MR) is 95.0 cm³/mol. The van der Waals surface area contributed by atoms with Gasteiger partial charge in [-0.1, -0.05) is 12.1 Å². The SMILES string of the molecule is N#CC(=Cc1ccc(N2CCOCC2)cc1)C(=O)NCC1CCCO1. The fourth-order valence-electron chi connectivity index (χ4n) is 3.03. The summed E-state index contributed by atoms with van der Waals surface area (Å²) in [5.41, 5.74) is 2.07. The predicted octanol–water partition coefficient (Wildman–Crippen LogP) is 1.73. The molecule has 2 saturated heterocycles. The fraction of sp³-hybridized carbons (Fsp3) is 0.474. The Kier molecular flexibility index (Phi) is 6.04. The first-order valence-corrected chi connectivity index (χ1v) is 8.70. The molecule has 1 unspecified atom stereocenters. The van der Waals surface area contributed by atoms with Crippen LogP contribution >= 0.6 is 0 Å². The van der Waals surface area contributed by atoms with Crippen LogP contribution in [0.4, 0.5) is 5.69 Å². The largest absolute Gasteiger partial charge is 0.378 e. The summed E-state index contributed by atoms with van der Waals surface area (Å²) in [6.45, 7) is 4.44. The molecule has 25 heavy (non-hydrogen) atoms. The van der Waals surface area contributed by atoms with Gasteiger partial charge in [-0.25, -0.2) is 0 Å². The highest BCUT2D eigenvalue weighted by Crippen LogP contribution is 2.18. The molecule has 132 valence electrons. The Bertz CT molecular complexity index is 651. The van der Waals surface area contributed by atoms with Crippen molar-refractivity contribution in [3.63, 3.8) is 0 Å². The number of carbonyl (C=O) groups is 1. The number of nitriles is 1. The fourth-order valence-corrected chi connectivity index (χ4v) is 3.03. The minimum absolute atomic E-state index is 0.0664. The second-order valence-electron chi connectivity index (χ2n) is 6.21. The molecule has 0 saturated carbocycles. The molecule has 0 aromatic heterocycles. The van der Waals surface area contributed by atoms with E-state index in [9.17, 15) is 10.1 Å². The zero-order valence-electron chi connectivity index (χ0n) is 14.2. The van der Waals surface area contributed by atoms with E-state index in [2.05, 4.69) is 10.2 Å². The van der Waals surface area contributed by atoms with Gasteiger partial charge in [-0.2, -0.15) is 5.26 Å². The number of morpholine rings is 1. The number of rotatable bonds is 5. The van der Waals surface area contributed by atoms with Crippen molar-refractivity contribution in [3.05, 3.63) is 35.4 Å². The molecule has 2 heterocycles. The van der Waals surface area contributed by atoms with Gasteiger partial charge in [0.05, 0.1) is 19.3 Å². The van der Waals surface area contributed by atoms with E-state index in [0.717, 1.165) is 57.0 Å². The first-order valence-electron chi connectivity index (χ1n) is 8.70. The molecule has 0 bridgehead atoms. The van der Waals surface area contributed by atoms with Crippen molar-refractivity contribution < 1.29 is 14.3 Å². The summed E-state index contributed by atoms with van der Waals surface area (Å²) < 4.78 is 10.8. The topological polar surface area (TPSA) is 74.6 Å². The molecule has 0 radical (unpaired) electrons. The van der Waals surface area contributed by atoms with Crippen LogP contribution in [0.2, 0.25) is 0 Å². The van der Waals surface area contributed by atoms with Crippen molar-refractivity contribution in [2.45, 2.75) is 18.9 Å². The molecule has 1 atom stereocenters. The second kappa shape index (κ2) is 8.65. The first kappa shape index (κ1) is 17.5. The molecule has 3 rings (SSSR count). The van der Waals surface area contributed by atoms with Gasteiger partial charge in [-0.05, 0) is 36.6 Å². The highest BCUT2D eigenvalue weighted by atomic mass is 16.5. The van der Waals surface area contributed by atoms with Crippen LogP contribution in [0.1, 0.15) is 18.4 Å². The Labute approximate surface area is 148 Å². The van der Waals surface area contributed by atoms with Crippen molar-refractivity contribution in [1.29, 1.82) is 5.26 Å². The maximum Gasteiger partial charge on any atom is 0.262 e. The van der Waals surface area contributed by atoms with Gasteiger partial charge in [0.15, 0.2) is 0 Å². The van der Waals surface area contributed by atoms with Gasteiger partial charge in [-0.15, -0.1) is 0 Å². The number of hydrogen-bond acceptors (Lipinski definition) is 5. The third-order valence-corrected chi connectivity index (χ3v) is 4.46. The average Bonchev–Trinajstić information content (AvgIpc) is 3.19. The maximum absolute atomic E-state index is 12.2. The Morgan fingerprint density at radius 2 is 2.04 bits per heavy atom. The minimum Gasteiger partial charge on any atom is -0.378 e. The van der Waals surface area contributed by atoms with Crippen molar-refractivity contribution in [2.75, 3.05) is 44.4 Å². The molecule has 2 fully saturated rings. The van der Waals surface area contributed by atoms with E-state index < -0.39 is 0 Å². The summed E-state index contributed by atoms with van der Waals surface area (Å²) in [4.78, 5) is 14.4. The first-order chi connectivity index (χ1) is 12.3. The summed E-state index contributed by atoms with van der Waals surface area (Å²) in [7, 11) is 0. The van der Waals surface area contributed by atoms with E-state index in [0.29, 0.717) is 6.54 Å². The number of ether oxygens (including phenoxy) is 2. The van der Waals surface area contributed by atoms with Crippen LogP contribution in [0.25, 0.3) is 6.08 Å². The normalized spacial score (nSPS) is 21.0. The third kappa shape index (κ3) is 4.81. The molecular weight excluding hydrogens is 318 g/mol. The smallest absolute Gasteiger partial charge is 0.262 e. The summed E-state index contributed by atoms with van der Waals surface area (Å²) >= 11 is 0. The number of nitrogens with one attached hydrogen (secondary N) is 1. The zero-order valence-corrected chi connectivity index (χ0v) is 14.2. The van der Waals surface area contributed by atoms with Gasteiger partial charge < -0.3 is 19.7 Å². The van der Waals surface area contributed by atoms with Crippen molar-refractivity contribution in [3.8, 4) is 6.07 Å². The lowest BCUT2D eigenvalue weighted by Gasteiger charge is -2.28. The van der Waals surface area contributed by atoms with Crippen LogP contribution in [-0.2, 0) is 14.3 Å². The van der Waals surface area contributed by atoms with Crippen LogP contribution in [0.15, 0.2) is 29.8 Å². The van der Waals surface area contributed by atoms with Gasteiger partial charge in [0, 0.05) is 31.9 Å². The molecule has 1 amide bonds. The Morgan fingerprint density at radius 3 is 2.68 bits per heavy atom. The lowest BCUT2D eigenvalue weighted by molar-refractivity contribution is -0.117. The zero-order chi connectivity index (χ0) is 17.5. The third-order valence-electron chi connectivity index (χ3n) is 4.46. The molecule has 1 aromatic rings. The molecule has 6 nitrogen and oxygen atoms in total. The van der Waals surface area contributed by atoms with E-state index in [1.54, 1.807) is 6.08 Å². The number of carbonyl (C=O) groups excluding carboxylic acids is 1. The average molecular weight is 341 g/mol. The summed E-state index contributed by atoms with van der Waals surface area (Å²) in [6.07, 6.45) is 3.66. The Morgan fingerprint density at radius 1 is 1.28 bits per heavy atom. The Hall–Kier alpha value is -2.36. The number of hydrogen-bond donors (Lipinski definition) is 1. The number of nitrogens with zero attached hydrogens (tertiary/aromatic N) is 2. The van der Waals surface area contributed by atoms with Crippen LogP contribution in [0.3, 0.4) is 0 Å². The lowest BCUT2D eigenvalue weighted by atomic mass is 10.1. The standard InChI is InChI=1S/C19H23N3O3/c20-13-16(19(23)21-14-18-2-1-9-25-18)12-15-3-5-17(6-4-15)22-7-10-24-11-8-22/h3-6,12,18H,1-2,7-11,14H2,(H,21,23). The molecule has 1 aromatic carbocycles. The van der Waals surface area contributed by atoms with Gasteiger partial charge >= 0.3 is 0 Å². The van der Waals surface area contributed by atoms with E-state index in [1.165, 1.54) is 0 Å². The molecule has 2 aliphatic rings. The highest BCUT2D eigenvalue weighted by Gasteiger charge is 2.17. The number of amides is 1. The number of anilines is 1. The van der Waals surface area contributed by atoms with Crippen LogP contribution in [0.5, 0.6) is 0 Å². The quantitative estimate of drug-likeness (QED) is 0.652. The molecule has 6 heteroatoms. The van der Waals surface area contributed by atoms with Gasteiger partial charge in [0.1, 0.15) is 11.6 Å². The second-order valence-corrected chi connectivity index (χ2v) is 6.21. The summed E-state index contributed by atoms with van der Waals surface area (Å²) in [5, 5.41) is 12.1. The monoisotopic (exact) mass is 341 g/mol. The van der Waals surface area contributed by atoms with E-state index in [-0.39, 0.29) is 17.6 Å². The van der Waals surface area contributed by atoms with Crippen molar-refractivity contribution in [2.24, 2.45) is 0 Å². The lowest BCUT2D eigenvalue weighted by Crippen LogP contribution is -2.36. The molecular formula is C19H23N3O3. The van der Waals surface area contributed by atoms with Crippen molar-refractivity contribution in [1.82, 2.24) is 5.32 Å². The van der Waals surface area contributed by atoms with Gasteiger partial charge in [-0.3, -0.25) is 4.79 Å². The summed E-state index contributed by atoms with van der Waals surface area (Å²) in [5.74, 6) is -0.352. The molecule has 2 aliphatic heterocycles. The number of benzene rings is 1. The van der Waals surface area contributed by atoms with E-state index in [1.807, 2.05) is 30.3 Å². The maximum atomic E-state index is 12.2. The van der Waals surface area contributed by atoms with Gasteiger partial charge in [0.25, 0.3) is 5.91 Å². The van der Waals surface area contributed by atoms with Crippen LogP contribution in [-0.4, -0.2) is 51.5 Å².